The van der Waals surface area contributed by atoms with Crippen LogP contribution in [0.2, 0.25) is 0 Å². The maximum absolute atomic E-state index is 13.3. The number of thiazole rings is 1. The van der Waals surface area contributed by atoms with Crippen molar-refractivity contribution >= 4 is 17.2 Å². The summed E-state index contributed by atoms with van der Waals surface area (Å²) < 4.78 is 13.3. The highest BCUT2D eigenvalue weighted by Crippen LogP contribution is 2.08. The van der Waals surface area contributed by atoms with Crippen molar-refractivity contribution < 1.29 is 9.18 Å². The highest BCUT2D eigenvalue weighted by Gasteiger charge is 2.05. The van der Waals surface area contributed by atoms with E-state index >= 15 is 0 Å². The van der Waals surface area contributed by atoms with Gasteiger partial charge in [0, 0.05) is 36.5 Å². The van der Waals surface area contributed by atoms with Crippen LogP contribution < -0.4 is 5.32 Å². The van der Waals surface area contributed by atoms with E-state index in [0.717, 1.165) is 5.01 Å². The fourth-order valence-electron chi connectivity index (χ4n) is 1.52. The summed E-state index contributed by atoms with van der Waals surface area (Å²) in [6.45, 7) is 0.226. The van der Waals surface area contributed by atoms with Gasteiger partial charge in [0.05, 0.1) is 5.01 Å². The van der Waals surface area contributed by atoms with Crippen LogP contribution in [0.5, 0.6) is 0 Å². The van der Waals surface area contributed by atoms with Crippen molar-refractivity contribution in [2.45, 2.75) is 19.4 Å². The Morgan fingerprint density at radius 3 is 2.94 bits per heavy atom. The Balaban J connectivity index is 1.77. The molecule has 0 aliphatic rings. The number of nitrogens with zero attached hydrogens (tertiary/aromatic N) is 1. The molecule has 1 amide bonds. The first-order valence-electron chi connectivity index (χ1n) is 5.64. The Labute approximate surface area is 109 Å². The van der Waals surface area contributed by atoms with Crippen LogP contribution in [0.25, 0.3) is 0 Å². The third-order valence-corrected chi connectivity index (χ3v) is 3.32. The maximum Gasteiger partial charge on any atom is 0.220 e. The Morgan fingerprint density at radius 1 is 1.39 bits per heavy atom. The number of amides is 1. The molecular weight excluding hydrogens is 251 g/mol. The van der Waals surface area contributed by atoms with Crippen molar-refractivity contribution in [3.63, 3.8) is 0 Å². The number of carbonyl (C=O) groups is 1. The summed E-state index contributed by atoms with van der Waals surface area (Å²) in [4.78, 5) is 15.7. The van der Waals surface area contributed by atoms with Crippen LogP contribution in [0, 0.1) is 5.82 Å². The Morgan fingerprint density at radius 2 is 2.22 bits per heavy atom. The molecule has 0 aliphatic carbocycles. The Kier molecular flexibility index (Phi) is 4.41. The third-order valence-electron chi connectivity index (χ3n) is 2.48. The average Bonchev–Trinajstić information content (AvgIpc) is 2.88. The molecule has 1 heterocycles. The molecule has 0 radical (unpaired) electrons. The summed E-state index contributed by atoms with van der Waals surface area (Å²) in [7, 11) is 0. The fourth-order valence-corrected chi connectivity index (χ4v) is 2.14. The van der Waals surface area contributed by atoms with Crippen LogP contribution in [0.4, 0.5) is 4.39 Å². The van der Waals surface area contributed by atoms with Gasteiger partial charge in [0.1, 0.15) is 5.82 Å². The second kappa shape index (κ2) is 6.26. The molecule has 0 spiro atoms. The zero-order valence-electron chi connectivity index (χ0n) is 9.73. The smallest absolute Gasteiger partial charge is 0.220 e. The van der Waals surface area contributed by atoms with Crippen LogP contribution in [0.1, 0.15) is 17.0 Å². The van der Waals surface area contributed by atoms with E-state index in [2.05, 4.69) is 10.3 Å². The molecule has 5 heteroatoms. The van der Waals surface area contributed by atoms with Gasteiger partial charge >= 0.3 is 0 Å². The maximum atomic E-state index is 13.3. The van der Waals surface area contributed by atoms with Gasteiger partial charge in [-0.1, -0.05) is 18.2 Å². The van der Waals surface area contributed by atoms with Gasteiger partial charge in [-0.25, -0.2) is 9.37 Å². The minimum absolute atomic E-state index is 0.0894. The van der Waals surface area contributed by atoms with Gasteiger partial charge in [-0.3, -0.25) is 4.79 Å². The SMILES string of the molecule is O=C(CCc1nccs1)NCc1ccccc1F. The van der Waals surface area contributed by atoms with E-state index in [1.807, 2.05) is 5.38 Å². The largest absolute Gasteiger partial charge is 0.352 e. The highest BCUT2D eigenvalue weighted by molar-refractivity contribution is 7.09. The predicted octanol–water partition coefficient (Wildman–Crippen LogP) is 2.53. The lowest BCUT2D eigenvalue weighted by atomic mass is 10.2. The standard InChI is InChI=1S/C13H13FN2OS/c14-11-4-2-1-3-10(11)9-16-12(17)5-6-13-15-7-8-18-13/h1-4,7-8H,5-6,9H2,(H,16,17). The number of carbonyl (C=O) groups excluding carboxylic acids is 1. The molecule has 0 saturated heterocycles. The van der Waals surface area contributed by atoms with Crippen molar-refractivity contribution in [3.05, 3.63) is 52.2 Å². The van der Waals surface area contributed by atoms with Crippen LogP contribution in [0.3, 0.4) is 0 Å². The normalized spacial score (nSPS) is 10.3. The van der Waals surface area contributed by atoms with Crippen molar-refractivity contribution in [1.29, 1.82) is 0 Å². The fraction of sp³-hybridized carbons (Fsp3) is 0.231. The molecule has 18 heavy (non-hydrogen) atoms. The lowest BCUT2D eigenvalue weighted by molar-refractivity contribution is -0.121. The molecule has 1 aromatic carbocycles. The van der Waals surface area contributed by atoms with E-state index in [1.165, 1.54) is 17.4 Å². The van der Waals surface area contributed by atoms with Crippen LogP contribution in [0.15, 0.2) is 35.8 Å². The molecule has 94 valence electrons. The van der Waals surface area contributed by atoms with Crippen molar-refractivity contribution in [2.75, 3.05) is 0 Å². The molecule has 1 N–H and O–H groups in total. The molecule has 2 rings (SSSR count). The lowest BCUT2D eigenvalue weighted by Crippen LogP contribution is -2.23. The van der Waals surface area contributed by atoms with E-state index in [4.69, 9.17) is 0 Å². The molecular formula is C13H13FN2OS. The quantitative estimate of drug-likeness (QED) is 0.901. The monoisotopic (exact) mass is 264 g/mol. The molecule has 0 unspecified atom stereocenters. The molecule has 0 bridgehead atoms. The van der Waals surface area contributed by atoms with Gasteiger partial charge in [-0.2, -0.15) is 0 Å². The number of aryl methyl sites for hydroxylation is 1. The van der Waals surface area contributed by atoms with E-state index in [9.17, 15) is 9.18 Å². The summed E-state index contributed by atoms with van der Waals surface area (Å²) in [6.07, 6.45) is 2.72. The molecule has 0 aliphatic heterocycles. The molecule has 1 aromatic heterocycles. The summed E-state index contributed by atoms with van der Waals surface area (Å²) in [5.41, 5.74) is 0.500. The first-order valence-corrected chi connectivity index (χ1v) is 6.52. The summed E-state index contributed by atoms with van der Waals surface area (Å²) in [6, 6.07) is 6.43. The molecule has 0 saturated carbocycles. The van der Waals surface area contributed by atoms with E-state index in [0.29, 0.717) is 18.4 Å². The van der Waals surface area contributed by atoms with Gasteiger partial charge in [0.2, 0.25) is 5.91 Å². The number of rotatable bonds is 5. The Hall–Kier alpha value is -1.75. The first-order chi connectivity index (χ1) is 8.75. The van der Waals surface area contributed by atoms with Gasteiger partial charge in [0.25, 0.3) is 0 Å². The van der Waals surface area contributed by atoms with Crippen LogP contribution >= 0.6 is 11.3 Å². The minimum atomic E-state index is -0.294. The summed E-state index contributed by atoms with van der Waals surface area (Å²) in [5, 5.41) is 5.52. The first kappa shape index (κ1) is 12.7. The number of hydrogen-bond donors (Lipinski definition) is 1. The van der Waals surface area contributed by atoms with Crippen LogP contribution in [-0.2, 0) is 17.8 Å². The minimum Gasteiger partial charge on any atom is -0.352 e. The van der Waals surface area contributed by atoms with Crippen LogP contribution in [-0.4, -0.2) is 10.9 Å². The van der Waals surface area contributed by atoms with Gasteiger partial charge in [-0.05, 0) is 6.07 Å². The highest BCUT2D eigenvalue weighted by atomic mass is 32.1. The topological polar surface area (TPSA) is 42.0 Å². The molecule has 0 atom stereocenters. The van der Waals surface area contributed by atoms with Gasteiger partial charge in [0.15, 0.2) is 0 Å². The third kappa shape index (κ3) is 3.63. The van der Waals surface area contributed by atoms with E-state index < -0.39 is 0 Å². The number of halogens is 1. The number of nitrogens with one attached hydrogen (secondary N) is 1. The van der Waals surface area contributed by atoms with Gasteiger partial charge in [-0.15, -0.1) is 11.3 Å². The Bertz CT molecular complexity index is 513. The zero-order chi connectivity index (χ0) is 12.8. The molecule has 2 aromatic rings. The summed E-state index contributed by atoms with van der Waals surface area (Å²) >= 11 is 1.53. The lowest BCUT2D eigenvalue weighted by Gasteiger charge is -2.05. The summed E-state index contributed by atoms with van der Waals surface area (Å²) in [5.74, 6) is -0.383. The van der Waals surface area contributed by atoms with Crippen molar-refractivity contribution in [2.24, 2.45) is 0 Å². The predicted molar refractivity (Wildman–Crippen MR) is 68.7 cm³/mol. The molecule has 3 nitrogen and oxygen atoms in total. The number of hydrogen-bond acceptors (Lipinski definition) is 3. The average molecular weight is 264 g/mol. The van der Waals surface area contributed by atoms with E-state index in [-0.39, 0.29) is 18.3 Å². The van der Waals surface area contributed by atoms with Crippen molar-refractivity contribution in [3.8, 4) is 0 Å². The number of benzene rings is 1. The van der Waals surface area contributed by atoms with E-state index in [1.54, 1.807) is 24.4 Å². The zero-order valence-corrected chi connectivity index (χ0v) is 10.5. The van der Waals surface area contributed by atoms with Crippen molar-refractivity contribution in [1.82, 2.24) is 10.3 Å². The second-order valence-electron chi connectivity index (χ2n) is 3.79. The number of aromatic nitrogens is 1. The van der Waals surface area contributed by atoms with Gasteiger partial charge < -0.3 is 5.32 Å². The molecule has 0 fully saturated rings. The second-order valence-corrected chi connectivity index (χ2v) is 4.77.